The summed E-state index contributed by atoms with van der Waals surface area (Å²) in [6.07, 6.45) is 9.96. The standard InChI is InChI=1S/C15H32N2O2/c1-2-3-4-5-6-7-13-19-14-9-12-17-15(18)10-8-11-16/h2-14,16H2,1H3,(H,17,18). The molecular formula is C15H32N2O2. The second-order valence-corrected chi connectivity index (χ2v) is 4.98. The van der Waals surface area contributed by atoms with Crippen LogP contribution in [-0.4, -0.2) is 32.2 Å². The van der Waals surface area contributed by atoms with Gasteiger partial charge in [0.2, 0.25) is 5.91 Å². The molecule has 4 nitrogen and oxygen atoms in total. The van der Waals surface area contributed by atoms with Gasteiger partial charge in [0, 0.05) is 26.2 Å². The van der Waals surface area contributed by atoms with Gasteiger partial charge in [-0.1, -0.05) is 39.0 Å². The normalized spacial score (nSPS) is 10.6. The minimum Gasteiger partial charge on any atom is -0.381 e. The summed E-state index contributed by atoms with van der Waals surface area (Å²) >= 11 is 0. The number of amides is 1. The van der Waals surface area contributed by atoms with Crippen LogP contribution < -0.4 is 11.1 Å². The molecule has 0 bridgehead atoms. The number of unbranched alkanes of at least 4 members (excludes halogenated alkanes) is 5. The first-order valence-electron chi connectivity index (χ1n) is 7.85. The fourth-order valence-corrected chi connectivity index (χ4v) is 1.84. The largest absolute Gasteiger partial charge is 0.381 e. The molecule has 0 saturated carbocycles. The van der Waals surface area contributed by atoms with Gasteiger partial charge in [-0.15, -0.1) is 0 Å². The Bertz CT molecular complexity index is 199. The Kier molecular flexibility index (Phi) is 15.0. The summed E-state index contributed by atoms with van der Waals surface area (Å²) in [5.74, 6) is 0.0985. The average Bonchev–Trinajstić information content (AvgIpc) is 2.42. The number of rotatable bonds is 14. The Morgan fingerprint density at radius 2 is 1.68 bits per heavy atom. The molecule has 19 heavy (non-hydrogen) atoms. The van der Waals surface area contributed by atoms with Crippen LogP contribution in [0.3, 0.4) is 0 Å². The van der Waals surface area contributed by atoms with Crippen molar-refractivity contribution in [3.05, 3.63) is 0 Å². The van der Waals surface area contributed by atoms with Gasteiger partial charge in [0.1, 0.15) is 0 Å². The SMILES string of the molecule is CCCCCCCCOCCCNC(=O)CCCN. The van der Waals surface area contributed by atoms with Gasteiger partial charge in [0.05, 0.1) is 0 Å². The van der Waals surface area contributed by atoms with Gasteiger partial charge in [-0.25, -0.2) is 0 Å². The molecule has 0 atom stereocenters. The predicted molar refractivity (Wildman–Crippen MR) is 80.1 cm³/mol. The lowest BCUT2D eigenvalue weighted by molar-refractivity contribution is -0.121. The van der Waals surface area contributed by atoms with Crippen LogP contribution in [-0.2, 0) is 9.53 Å². The van der Waals surface area contributed by atoms with E-state index in [9.17, 15) is 4.79 Å². The van der Waals surface area contributed by atoms with Crippen molar-refractivity contribution in [2.75, 3.05) is 26.3 Å². The molecule has 0 aromatic rings. The first-order chi connectivity index (χ1) is 9.31. The summed E-state index contributed by atoms with van der Waals surface area (Å²) in [6, 6.07) is 0. The van der Waals surface area contributed by atoms with Crippen LogP contribution in [0.2, 0.25) is 0 Å². The maximum atomic E-state index is 11.3. The van der Waals surface area contributed by atoms with E-state index in [1.165, 1.54) is 32.1 Å². The van der Waals surface area contributed by atoms with Gasteiger partial charge in [-0.2, -0.15) is 0 Å². The van der Waals surface area contributed by atoms with Crippen LogP contribution >= 0.6 is 0 Å². The van der Waals surface area contributed by atoms with Crippen LogP contribution in [0.25, 0.3) is 0 Å². The molecule has 0 aromatic carbocycles. The molecule has 0 aliphatic carbocycles. The Labute approximate surface area is 118 Å². The summed E-state index contributed by atoms with van der Waals surface area (Å²) in [5, 5.41) is 2.87. The number of nitrogens with two attached hydrogens (primary N) is 1. The summed E-state index contributed by atoms with van der Waals surface area (Å²) in [7, 11) is 0. The molecular weight excluding hydrogens is 240 g/mol. The second kappa shape index (κ2) is 15.4. The number of carbonyl (C=O) groups is 1. The summed E-state index contributed by atoms with van der Waals surface area (Å²) < 4.78 is 5.53. The molecule has 0 saturated heterocycles. The van der Waals surface area contributed by atoms with Crippen LogP contribution in [0.5, 0.6) is 0 Å². The van der Waals surface area contributed by atoms with E-state index in [-0.39, 0.29) is 5.91 Å². The fourth-order valence-electron chi connectivity index (χ4n) is 1.84. The molecule has 0 aliphatic rings. The number of hydrogen-bond acceptors (Lipinski definition) is 3. The van der Waals surface area contributed by atoms with E-state index in [0.717, 1.165) is 32.5 Å². The molecule has 0 spiro atoms. The van der Waals surface area contributed by atoms with E-state index in [4.69, 9.17) is 10.5 Å². The van der Waals surface area contributed by atoms with E-state index in [2.05, 4.69) is 12.2 Å². The first-order valence-corrected chi connectivity index (χ1v) is 7.85. The smallest absolute Gasteiger partial charge is 0.220 e. The molecule has 114 valence electrons. The average molecular weight is 272 g/mol. The third kappa shape index (κ3) is 15.3. The van der Waals surface area contributed by atoms with Crippen molar-refractivity contribution in [2.45, 2.75) is 64.7 Å². The highest BCUT2D eigenvalue weighted by Gasteiger charge is 1.98. The van der Waals surface area contributed by atoms with Gasteiger partial charge >= 0.3 is 0 Å². The van der Waals surface area contributed by atoms with Crippen molar-refractivity contribution in [3.63, 3.8) is 0 Å². The highest BCUT2D eigenvalue weighted by Crippen LogP contribution is 2.04. The van der Waals surface area contributed by atoms with Gasteiger partial charge < -0.3 is 15.8 Å². The zero-order chi connectivity index (χ0) is 14.2. The molecule has 1 amide bonds. The Morgan fingerprint density at radius 1 is 1.00 bits per heavy atom. The molecule has 0 radical (unpaired) electrons. The van der Waals surface area contributed by atoms with Crippen LogP contribution in [0, 0.1) is 0 Å². The van der Waals surface area contributed by atoms with Crippen molar-refractivity contribution < 1.29 is 9.53 Å². The Hall–Kier alpha value is -0.610. The molecule has 0 heterocycles. The van der Waals surface area contributed by atoms with Crippen molar-refractivity contribution in [1.29, 1.82) is 0 Å². The van der Waals surface area contributed by atoms with Gasteiger partial charge in [-0.3, -0.25) is 4.79 Å². The molecule has 3 N–H and O–H groups in total. The molecule has 0 aromatic heterocycles. The number of nitrogens with one attached hydrogen (secondary N) is 1. The second-order valence-electron chi connectivity index (χ2n) is 4.98. The Balaban J connectivity index is 3.04. The van der Waals surface area contributed by atoms with Gasteiger partial charge in [0.25, 0.3) is 0 Å². The molecule has 0 rings (SSSR count). The van der Waals surface area contributed by atoms with Crippen LogP contribution in [0.1, 0.15) is 64.7 Å². The fraction of sp³-hybridized carbons (Fsp3) is 0.933. The number of carbonyl (C=O) groups excluding carboxylic acids is 1. The van der Waals surface area contributed by atoms with Gasteiger partial charge in [-0.05, 0) is 25.8 Å². The van der Waals surface area contributed by atoms with E-state index in [1.54, 1.807) is 0 Å². The van der Waals surface area contributed by atoms with Crippen LogP contribution in [0.4, 0.5) is 0 Å². The summed E-state index contributed by atoms with van der Waals surface area (Å²) in [6.45, 7) is 5.12. The topological polar surface area (TPSA) is 64.3 Å². The zero-order valence-corrected chi connectivity index (χ0v) is 12.6. The van der Waals surface area contributed by atoms with Crippen LogP contribution in [0.15, 0.2) is 0 Å². The quantitative estimate of drug-likeness (QED) is 0.478. The van der Waals surface area contributed by atoms with Crippen molar-refractivity contribution >= 4 is 5.91 Å². The van der Waals surface area contributed by atoms with Crippen molar-refractivity contribution in [1.82, 2.24) is 5.32 Å². The minimum absolute atomic E-state index is 0.0985. The zero-order valence-electron chi connectivity index (χ0n) is 12.6. The lowest BCUT2D eigenvalue weighted by atomic mass is 10.1. The van der Waals surface area contributed by atoms with Gasteiger partial charge in [0.15, 0.2) is 0 Å². The summed E-state index contributed by atoms with van der Waals surface area (Å²) in [5.41, 5.74) is 5.34. The third-order valence-electron chi connectivity index (χ3n) is 3.04. The van der Waals surface area contributed by atoms with E-state index >= 15 is 0 Å². The Morgan fingerprint density at radius 3 is 2.42 bits per heavy atom. The third-order valence-corrected chi connectivity index (χ3v) is 3.04. The highest BCUT2D eigenvalue weighted by molar-refractivity contribution is 5.75. The highest BCUT2D eigenvalue weighted by atomic mass is 16.5. The maximum absolute atomic E-state index is 11.3. The van der Waals surface area contributed by atoms with E-state index in [1.807, 2.05) is 0 Å². The van der Waals surface area contributed by atoms with Crippen molar-refractivity contribution in [3.8, 4) is 0 Å². The number of hydrogen-bond donors (Lipinski definition) is 2. The monoisotopic (exact) mass is 272 g/mol. The lowest BCUT2D eigenvalue weighted by Crippen LogP contribution is -2.25. The molecule has 0 aliphatic heterocycles. The maximum Gasteiger partial charge on any atom is 0.220 e. The summed E-state index contributed by atoms with van der Waals surface area (Å²) in [4.78, 5) is 11.3. The van der Waals surface area contributed by atoms with E-state index in [0.29, 0.717) is 19.5 Å². The molecule has 0 fully saturated rings. The first kappa shape index (κ1) is 18.4. The molecule has 0 unspecified atom stereocenters. The lowest BCUT2D eigenvalue weighted by Gasteiger charge is -2.06. The molecule has 4 heteroatoms. The number of ether oxygens (including phenoxy) is 1. The minimum atomic E-state index is 0.0985. The van der Waals surface area contributed by atoms with Crippen molar-refractivity contribution in [2.24, 2.45) is 5.73 Å². The van der Waals surface area contributed by atoms with E-state index < -0.39 is 0 Å². The predicted octanol–water partition coefficient (Wildman–Crippen LogP) is 2.61.